The molecule has 0 aliphatic heterocycles. The zero-order valence-corrected chi connectivity index (χ0v) is 9.85. The van der Waals surface area contributed by atoms with Crippen molar-refractivity contribution < 1.29 is 0 Å². The first-order valence-electron chi connectivity index (χ1n) is 5.92. The highest BCUT2D eigenvalue weighted by molar-refractivity contribution is 5.83. The van der Waals surface area contributed by atoms with Crippen LogP contribution in [0.2, 0.25) is 0 Å². The lowest BCUT2D eigenvalue weighted by atomic mass is 10.2. The summed E-state index contributed by atoms with van der Waals surface area (Å²) in [4.78, 5) is 7.51. The van der Waals surface area contributed by atoms with Gasteiger partial charge in [-0.3, -0.25) is 0 Å². The second kappa shape index (κ2) is 4.09. The summed E-state index contributed by atoms with van der Waals surface area (Å²) in [6.45, 7) is 3.04. The van der Waals surface area contributed by atoms with Crippen LogP contribution in [0.5, 0.6) is 0 Å². The average molecular weight is 225 g/mol. The normalized spacial score (nSPS) is 11.1. The molecule has 0 saturated heterocycles. The van der Waals surface area contributed by atoms with Crippen LogP contribution in [0, 0.1) is 0 Å². The Kier molecular flexibility index (Phi) is 2.44. The molecule has 0 aliphatic rings. The summed E-state index contributed by atoms with van der Waals surface area (Å²) in [7, 11) is 0. The number of imidazole rings is 1. The van der Waals surface area contributed by atoms with E-state index in [1.165, 1.54) is 22.2 Å². The smallest absolute Gasteiger partial charge is 0.0951 e. The van der Waals surface area contributed by atoms with Crippen LogP contribution in [0.3, 0.4) is 0 Å². The predicted octanol–water partition coefficient (Wildman–Crippen LogP) is 2.98. The van der Waals surface area contributed by atoms with E-state index in [0.717, 1.165) is 13.0 Å². The van der Waals surface area contributed by atoms with Crippen molar-refractivity contribution in [1.82, 2.24) is 14.5 Å². The summed E-state index contributed by atoms with van der Waals surface area (Å²) in [6, 6.07) is 8.39. The Labute approximate surface area is 100 Å². The first kappa shape index (κ1) is 10.1. The van der Waals surface area contributed by atoms with Gasteiger partial charge in [-0.2, -0.15) is 0 Å². The Morgan fingerprint density at radius 3 is 3.06 bits per heavy atom. The fourth-order valence-electron chi connectivity index (χ4n) is 2.23. The van der Waals surface area contributed by atoms with Gasteiger partial charge < -0.3 is 9.55 Å². The van der Waals surface area contributed by atoms with E-state index in [4.69, 9.17) is 0 Å². The van der Waals surface area contributed by atoms with Gasteiger partial charge in [0, 0.05) is 29.0 Å². The van der Waals surface area contributed by atoms with Crippen LogP contribution in [0.25, 0.3) is 10.9 Å². The molecule has 2 heterocycles. The lowest BCUT2D eigenvalue weighted by Crippen LogP contribution is -2.01. The number of rotatable bonds is 3. The van der Waals surface area contributed by atoms with Crippen molar-refractivity contribution in [2.75, 3.05) is 0 Å². The lowest BCUT2D eigenvalue weighted by molar-refractivity contribution is 0.750. The Morgan fingerprint density at radius 2 is 2.18 bits per heavy atom. The third-order valence-electron chi connectivity index (χ3n) is 3.18. The minimum Gasteiger partial charge on any atom is -0.361 e. The molecule has 1 N–H and O–H groups in total. The zero-order valence-electron chi connectivity index (χ0n) is 9.85. The molecule has 3 aromatic rings. The Balaban J connectivity index is 2.00. The maximum absolute atomic E-state index is 4.21. The number of hydrogen-bond acceptors (Lipinski definition) is 1. The van der Waals surface area contributed by atoms with E-state index >= 15 is 0 Å². The molecule has 0 bridgehead atoms. The number of aromatic nitrogens is 3. The number of aromatic amines is 1. The van der Waals surface area contributed by atoms with E-state index < -0.39 is 0 Å². The average Bonchev–Trinajstić information content (AvgIpc) is 2.97. The summed E-state index contributed by atoms with van der Waals surface area (Å²) in [5, 5.41) is 1.29. The van der Waals surface area contributed by atoms with Crippen LogP contribution < -0.4 is 0 Å². The summed E-state index contributed by atoms with van der Waals surface area (Å²) in [5.41, 5.74) is 3.78. The molecule has 2 aromatic heterocycles. The molecule has 0 saturated carbocycles. The highest BCUT2D eigenvalue weighted by atomic mass is 15.0. The maximum Gasteiger partial charge on any atom is 0.0951 e. The van der Waals surface area contributed by atoms with Crippen LogP contribution in [0.4, 0.5) is 0 Å². The van der Waals surface area contributed by atoms with Crippen molar-refractivity contribution in [3.63, 3.8) is 0 Å². The number of para-hydroxylation sites is 1. The van der Waals surface area contributed by atoms with E-state index in [0.29, 0.717) is 0 Å². The SMILES string of the molecule is CCc1cncn1Cc1c[nH]c2ccccc12. The van der Waals surface area contributed by atoms with Crippen molar-refractivity contribution in [3.05, 3.63) is 54.2 Å². The molecule has 0 spiro atoms. The van der Waals surface area contributed by atoms with E-state index in [2.05, 4.69) is 51.9 Å². The highest BCUT2D eigenvalue weighted by Crippen LogP contribution is 2.19. The molecule has 0 aliphatic carbocycles. The van der Waals surface area contributed by atoms with Gasteiger partial charge in [-0.05, 0) is 18.1 Å². The fraction of sp³-hybridized carbons (Fsp3) is 0.214. The summed E-state index contributed by atoms with van der Waals surface area (Å²) < 4.78 is 2.20. The van der Waals surface area contributed by atoms with Crippen molar-refractivity contribution in [2.24, 2.45) is 0 Å². The van der Waals surface area contributed by atoms with E-state index in [9.17, 15) is 0 Å². The second-order valence-corrected chi connectivity index (χ2v) is 4.23. The van der Waals surface area contributed by atoms with Crippen molar-refractivity contribution >= 4 is 10.9 Å². The van der Waals surface area contributed by atoms with Crippen LogP contribution in [0.15, 0.2) is 43.0 Å². The van der Waals surface area contributed by atoms with Gasteiger partial charge >= 0.3 is 0 Å². The molecular weight excluding hydrogens is 210 g/mol. The summed E-state index contributed by atoms with van der Waals surface area (Å²) >= 11 is 0. The fourth-order valence-corrected chi connectivity index (χ4v) is 2.23. The van der Waals surface area contributed by atoms with Gasteiger partial charge in [0.05, 0.1) is 12.9 Å². The molecule has 0 fully saturated rings. The van der Waals surface area contributed by atoms with Gasteiger partial charge in [-0.25, -0.2) is 4.98 Å². The molecule has 0 atom stereocenters. The summed E-state index contributed by atoms with van der Waals surface area (Å²) in [6.07, 6.45) is 6.95. The molecule has 17 heavy (non-hydrogen) atoms. The molecular formula is C14H15N3. The van der Waals surface area contributed by atoms with Crippen LogP contribution in [-0.4, -0.2) is 14.5 Å². The zero-order chi connectivity index (χ0) is 11.7. The number of aryl methyl sites for hydroxylation is 1. The lowest BCUT2D eigenvalue weighted by Gasteiger charge is -2.05. The molecule has 86 valence electrons. The van der Waals surface area contributed by atoms with E-state index in [-0.39, 0.29) is 0 Å². The number of benzene rings is 1. The number of fused-ring (bicyclic) bond motifs is 1. The van der Waals surface area contributed by atoms with Crippen molar-refractivity contribution in [3.8, 4) is 0 Å². The van der Waals surface area contributed by atoms with Crippen molar-refractivity contribution in [2.45, 2.75) is 19.9 Å². The molecule has 3 rings (SSSR count). The molecule has 0 amide bonds. The molecule has 3 nitrogen and oxygen atoms in total. The first-order chi connectivity index (χ1) is 8.38. The molecule has 0 radical (unpaired) electrons. The minimum atomic E-state index is 0.882. The van der Waals surface area contributed by atoms with Gasteiger partial charge in [-0.1, -0.05) is 25.1 Å². The van der Waals surface area contributed by atoms with Gasteiger partial charge in [0.15, 0.2) is 0 Å². The maximum atomic E-state index is 4.21. The third kappa shape index (κ3) is 1.73. The number of H-pyrrole nitrogens is 1. The quantitative estimate of drug-likeness (QED) is 0.730. The topological polar surface area (TPSA) is 33.6 Å². The molecule has 1 aromatic carbocycles. The van der Waals surface area contributed by atoms with Gasteiger partial charge in [-0.15, -0.1) is 0 Å². The third-order valence-corrected chi connectivity index (χ3v) is 3.18. The number of nitrogens with one attached hydrogen (secondary N) is 1. The number of hydrogen-bond donors (Lipinski definition) is 1. The first-order valence-corrected chi connectivity index (χ1v) is 5.92. The molecule has 3 heteroatoms. The largest absolute Gasteiger partial charge is 0.361 e. The molecule has 0 unspecified atom stereocenters. The van der Waals surface area contributed by atoms with Crippen LogP contribution in [0.1, 0.15) is 18.2 Å². The second-order valence-electron chi connectivity index (χ2n) is 4.23. The highest BCUT2D eigenvalue weighted by Gasteiger charge is 2.05. The predicted molar refractivity (Wildman–Crippen MR) is 69.0 cm³/mol. The van der Waals surface area contributed by atoms with Crippen LogP contribution >= 0.6 is 0 Å². The van der Waals surface area contributed by atoms with E-state index in [1.807, 2.05) is 12.5 Å². The Morgan fingerprint density at radius 1 is 1.29 bits per heavy atom. The van der Waals surface area contributed by atoms with E-state index in [1.54, 1.807) is 0 Å². The minimum absolute atomic E-state index is 0.882. The Hall–Kier alpha value is -2.03. The standard InChI is InChI=1S/C14H15N3/c1-2-12-8-15-10-17(12)9-11-7-16-14-6-4-3-5-13(11)14/h3-8,10,16H,2,9H2,1H3. The van der Waals surface area contributed by atoms with Gasteiger partial charge in [0.2, 0.25) is 0 Å². The van der Waals surface area contributed by atoms with Gasteiger partial charge in [0.25, 0.3) is 0 Å². The monoisotopic (exact) mass is 225 g/mol. The van der Waals surface area contributed by atoms with Crippen LogP contribution in [-0.2, 0) is 13.0 Å². The number of nitrogens with zero attached hydrogens (tertiary/aromatic N) is 2. The van der Waals surface area contributed by atoms with Gasteiger partial charge in [0.1, 0.15) is 0 Å². The van der Waals surface area contributed by atoms with Crippen molar-refractivity contribution in [1.29, 1.82) is 0 Å². The summed E-state index contributed by atoms with van der Waals surface area (Å²) in [5.74, 6) is 0. The Bertz CT molecular complexity index is 634.